The minimum atomic E-state index is -0.702. The maximum atomic E-state index is 8.46. The molecule has 0 aromatic rings. The van der Waals surface area contributed by atoms with Gasteiger partial charge in [0.25, 0.3) is 0 Å². The smallest absolute Gasteiger partial charge is 0.146 e. The minimum absolute atomic E-state index is 0.641. The average Bonchev–Trinajstić information content (AvgIpc) is 1.65. The van der Waals surface area contributed by atoms with Crippen molar-refractivity contribution in [1.82, 2.24) is 0 Å². The van der Waals surface area contributed by atoms with E-state index in [1.165, 1.54) is 0 Å². The van der Waals surface area contributed by atoms with Gasteiger partial charge in [-0.1, -0.05) is 6.55 Å². The largest absolute Gasteiger partial charge is 0.441 e. The fourth-order valence-corrected chi connectivity index (χ4v) is 0.671. The van der Waals surface area contributed by atoms with E-state index in [9.17, 15) is 0 Å². The van der Waals surface area contributed by atoms with Crippen LogP contribution in [-0.2, 0) is 0 Å². The van der Waals surface area contributed by atoms with E-state index in [2.05, 4.69) is 13.1 Å². The van der Waals surface area contributed by atoms with Crippen molar-refractivity contribution < 1.29 is 4.80 Å². The van der Waals surface area contributed by atoms with Gasteiger partial charge in [0.05, 0.1) is 8.31 Å². The van der Waals surface area contributed by atoms with Crippen LogP contribution in [0.1, 0.15) is 0 Å². The lowest BCUT2D eigenvalue weighted by molar-refractivity contribution is 0.620. The lowest BCUT2D eigenvalue weighted by Crippen LogP contribution is -2.13. The molecule has 0 spiro atoms. The molecule has 1 atom stereocenters. The predicted molar refractivity (Wildman–Crippen MR) is 34.0 cm³/mol. The Morgan fingerprint density at radius 1 is 2.00 bits per heavy atom. The van der Waals surface area contributed by atoms with Crippen LogP contribution in [0.4, 0.5) is 0 Å². The molecule has 0 aromatic heterocycles. The van der Waals surface area contributed by atoms with Gasteiger partial charge in [-0.15, -0.1) is 12.3 Å². The summed E-state index contributed by atoms with van der Waals surface area (Å²) in [5, 5.41) is 0. The summed E-state index contributed by atoms with van der Waals surface area (Å²) in [6.45, 7) is 5.68. The quantitative estimate of drug-likeness (QED) is 0.468. The molecule has 1 N–H and O–H groups in total. The summed E-state index contributed by atoms with van der Waals surface area (Å²) in [7, 11) is -1.34. The van der Waals surface area contributed by atoms with Gasteiger partial charge in [-0.25, -0.2) is 0 Å². The van der Waals surface area contributed by atoms with E-state index in [0.717, 1.165) is 0 Å². The van der Waals surface area contributed by atoms with Crippen molar-refractivity contribution in [1.29, 1.82) is 0 Å². The summed E-state index contributed by atoms with van der Waals surface area (Å²) >= 11 is 0. The molecule has 0 aliphatic heterocycles. The van der Waals surface area contributed by atoms with Gasteiger partial charge in [0.1, 0.15) is 9.28 Å². The summed E-state index contributed by atoms with van der Waals surface area (Å²) in [5.41, 5.74) is 1.92. The maximum absolute atomic E-state index is 8.46. The van der Waals surface area contributed by atoms with E-state index in [1.807, 2.05) is 5.70 Å². The third-order valence-corrected chi connectivity index (χ3v) is 4.80. The second kappa shape index (κ2) is 3.33. The normalized spacial score (nSPS) is 15.7. The molecule has 0 amide bonds. The van der Waals surface area contributed by atoms with Crippen LogP contribution >= 0.6 is 0 Å². The summed E-state index contributed by atoms with van der Waals surface area (Å²) in [6.07, 6.45) is 0. The van der Waals surface area contributed by atoms with Crippen LogP contribution in [0, 0.1) is 0 Å². The van der Waals surface area contributed by atoms with Crippen LogP contribution in [0.5, 0.6) is 0 Å². The fourth-order valence-electron chi connectivity index (χ4n) is 0.0745. The first-order chi connectivity index (χ1) is 2.81. The van der Waals surface area contributed by atoms with Crippen LogP contribution in [0.2, 0.25) is 6.55 Å². The van der Waals surface area contributed by atoms with Gasteiger partial charge < -0.3 is 4.80 Å². The zero-order chi connectivity index (χ0) is 4.99. The summed E-state index contributed by atoms with van der Waals surface area (Å²) in [5.74, 6) is 0. The Balaban J connectivity index is 2.96. The van der Waals surface area contributed by atoms with Gasteiger partial charge in [0.2, 0.25) is 0 Å². The number of hydrogen-bond acceptors (Lipinski definition) is 1. The summed E-state index contributed by atoms with van der Waals surface area (Å²) in [4.78, 5) is 8.46. The first-order valence-electron chi connectivity index (χ1n) is 2.04. The van der Waals surface area contributed by atoms with E-state index in [4.69, 9.17) is 4.80 Å². The molecule has 1 unspecified atom stereocenters. The molecule has 0 aliphatic carbocycles. The Morgan fingerprint density at radius 2 is 2.50 bits per heavy atom. The van der Waals surface area contributed by atoms with Crippen LogP contribution in [0.25, 0.3) is 0 Å². The van der Waals surface area contributed by atoms with Crippen molar-refractivity contribution in [3.8, 4) is 0 Å². The molecular weight excluding hydrogens is 108 g/mol. The monoisotopic (exact) mass is 118 g/mol. The lowest BCUT2D eigenvalue weighted by atomic mass is 11.3. The van der Waals surface area contributed by atoms with Crippen LogP contribution < -0.4 is 0 Å². The Hall–Kier alpha value is 0.134. The highest BCUT2D eigenvalue weighted by Crippen LogP contribution is 1.72. The molecule has 0 fully saturated rings. The lowest BCUT2D eigenvalue weighted by Gasteiger charge is -1.89. The van der Waals surface area contributed by atoms with Crippen LogP contribution in [-0.4, -0.2) is 22.4 Å². The van der Waals surface area contributed by atoms with Crippen LogP contribution in [0.15, 0.2) is 12.3 Å². The van der Waals surface area contributed by atoms with Crippen molar-refractivity contribution in [2.24, 2.45) is 0 Å². The second-order valence-corrected chi connectivity index (χ2v) is 9.15. The second-order valence-electron chi connectivity index (χ2n) is 1.40. The molecule has 0 heterocycles. The SMILES string of the molecule is C=C[SiH](C)[SiH2]O. The van der Waals surface area contributed by atoms with E-state index >= 15 is 0 Å². The van der Waals surface area contributed by atoms with Crippen molar-refractivity contribution in [3.63, 3.8) is 0 Å². The van der Waals surface area contributed by atoms with Crippen molar-refractivity contribution in [2.45, 2.75) is 6.55 Å². The fraction of sp³-hybridized carbons (Fsp3) is 0.333. The molecule has 0 rings (SSSR count). The minimum Gasteiger partial charge on any atom is -0.441 e. The maximum Gasteiger partial charge on any atom is 0.146 e. The zero-order valence-electron chi connectivity index (χ0n) is 4.02. The summed E-state index contributed by atoms with van der Waals surface area (Å²) in [6, 6.07) is 0. The number of rotatable bonds is 2. The van der Waals surface area contributed by atoms with Crippen molar-refractivity contribution in [2.75, 3.05) is 0 Å². The average molecular weight is 118 g/mol. The van der Waals surface area contributed by atoms with Crippen molar-refractivity contribution in [3.05, 3.63) is 12.3 Å². The highest BCUT2D eigenvalue weighted by atomic mass is 29.2. The summed E-state index contributed by atoms with van der Waals surface area (Å²) < 4.78 is 0. The highest BCUT2D eigenvalue weighted by molar-refractivity contribution is 7.11. The third-order valence-electron chi connectivity index (χ3n) is 0.690. The molecule has 0 aromatic carbocycles. The Labute approximate surface area is 42.0 Å². The van der Waals surface area contributed by atoms with Gasteiger partial charge in [-0.05, 0) is 0 Å². The number of hydrogen-bond donors (Lipinski definition) is 1. The van der Waals surface area contributed by atoms with Gasteiger partial charge in [0.15, 0.2) is 0 Å². The molecule has 0 radical (unpaired) electrons. The molecule has 1 nitrogen and oxygen atoms in total. The first kappa shape index (κ1) is 6.13. The third kappa shape index (κ3) is 2.38. The molecule has 6 heavy (non-hydrogen) atoms. The van der Waals surface area contributed by atoms with E-state index in [1.54, 1.807) is 0 Å². The molecule has 0 aliphatic rings. The van der Waals surface area contributed by atoms with E-state index in [-0.39, 0.29) is 0 Å². The molecule has 0 saturated heterocycles. The molecule has 36 valence electrons. The first-order valence-corrected chi connectivity index (χ1v) is 7.76. The van der Waals surface area contributed by atoms with E-state index in [0.29, 0.717) is 0 Å². The van der Waals surface area contributed by atoms with Crippen LogP contribution in [0.3, 0.4) is 0 Å². The standard InChI is InChI=1S/C3H10OSi2/c1-3-6(2)5-4/h3-4,6H,1,5H2,2H3. The van der Waals surface area contributed by atoms with Gasteiger partial charge >= 0.3 is 0 Å². The van der Waals surface area contributed by atoms with Gasteiger partial charge in [0, 0.05) is 0 Å². The van der Waals surface area contributed by atoms with Gasteiger partial charge in [-0.2, -0.15) is 0 Å². The predicted octanol–water partition coefficient (Wildman–Crippen LogP) is -0.859. The molecule has 0 bridgehead atoms. The van der Waals surface area contributed by atoms with E-state index < -0.39 is 17.6 Å². The van der Waals surface area contributed by atoms with Crippen molar-refractivity contribution >= 4 is 17.6 Å². The highest BCUT2D eigenvalue weighted by Gasteiger charge is 1.90. The zero-order valence-corrected chi connectivity index (χ0v) is 6.59. The molecule has 3 heteroatoms. The molecular formula is C3H10OSi2. The Bertz CT molecular complexity index is 46.1. The Morgan fingerprint density at radius 3 is 2.50 bits per heavy atom. The topological polar surface area (TPSA) is 20.2 Å². The van der Waals surface area contributed by atoms with Gasteiger partial charge in [-0.3, -0.25) is 0 Å². The Kier molecular flexibility index (Phi) is 3.40. The molecule has 0 saturated carbocycles.